The summed E-state index contributed by atoms with van der Waals surface area (Å²) in [6, 6.07) is 12.0. The molecule has 1 aromatic heterocycles. The molecule has 1 amide bonds. The Morgan fingerprint density at radius 2 is 2.00 bits per heavy atom. The van der Waals surface area contributed by atoms with Crippen LogP contribution in [0.15, 0.2) is 48.8 Å². The molecule has 1 saturated heterocycles. The van der Waals surface area contributed by atoms with Gasteiger partial charge >= 0.3 is 0 Å². The van der Waals surface area contributed by atoms with Crippen LogP contribution in [0.4, 0.5) is 0 Å². The van der Waals surface area contributed by atoms with Crippen molar-refractivity contribution in [3.8, 4) is 11.1 Å². The van der Waals surface area contributed by atoms with Crippen LogP contribution in [-0.2, 0) is 11.2 Å². The first-order valence-corrected chi connectivity index (χ1v) is 6.61. The minimum atomic E-state index is 0.225. The number of rotatable bonds is 3. The number of benzene rings is 1. The maximum absolute atomic E-state index is 12.1. The van der Waals surface area contributed by atoms with Gasteiger partial charge < -0.3 is 4.90 Å². The lowest BCUT2D eigenvalue weighted by Gasteiger charge is -2.31. The maximum atomic E-state index is 12.1. The van der Waals surface area contributed by atoms with Crippen LogP contribution in [0.25, 0.3) is 11.1 Å². The van der Waals surface area contributed by atoms with Gasteiger partial charge in [0.25, 0.3) is 0 Å². The van der Waals surface area contributed by atoms with E-state index in [0.717, 1.165) is 36.2 Å². The van der Waals surface area contributed by atoms with Gasteiger partial charge in [-0.2, -0.15) is 0 Å². The number of hydrogen-bond acceptors (Lipinski definition) is 2. The van der Waals surface area contributed by atoms with Crippen molar-refractivity contribution in [2.24, 2.45) is 0 Å². The fraction of sp³-hybridized carbons (Fsp3) is 0.250. The zero-order valence-corrected chi connectivity index (χ0v) is 10.7. The van der Waals surface area contributed by atoms with Crippen LogP contribution in [0.3, 0.4) is 0 Å². The summed E-state index contributed by atoms with van der Waals surface area (Å²) >= 11 is 0. The van der Waals surface area contributed by atoms with Gasteiger partial charge in [-0.05, 0) is 23.6 Å². The van der Waals surface area contributed by atoms with E-state index in [-0.39, 0.29) is 5.91 Å². The third-order valence-electron chi connectivity index (χ3n) is 3.54. The van der Waals surface area contributed by atoms with Gasteiger partial charge in [0, 0.05) is 31.0 Å². The van der Waals surface area contributed by atoms with E-state index in [1.807, 2.05) is 41.4 Å². The first kappa shape index (κ1) is 11.9. The molecule has 3 heteroatoms. The topological polar surface area (TPSA) is 33.2 Å². The van der Waals surface area contributed by atoms with Crippen LogP contribution < -0.4 is 0 Å². The number of likely N-dealkylation sites (tertiary alicyclic amines) is 1. The van der Waals surface area contributed by atoms with E-state index in [0.29, 0.717) is 6.42 Å². The van der Waals surface area contributed by atoms with Crippen molar-refractivity contribution >= 4 is 5.91 Å². The summed E-state index contributed by atoms with van der Waals surface area (Å²) in [5.41, 5.74) is 3.24. The molecule has 1 aromatic carbocycles. The molecule has 96 valence electrons. The van der Waals surface area contributed by atoms with E-state index in [1.54, 1.807) is 6.20 Å². The van der Waals surface area contributed by atoms with Crippen LogP contribution in [-0.4, -0.2) is 28.9 Å². The molecule has 1 fully saturated rings. The van der Waals surface area contributed by atoms with E-state index < -0.39 is 0 Å². The SMILES string of the molecule is O=C(Cc1ccccc1-c1cccnc1)N1CCC1. The Labute approximate surface area is 112 Å². The molecule has 1 aliphatic heterocycles. The maximum Gasteiger partial charge on any atom is 0.227 e. The summed E-state index contributed by atoms with van der Waals surface area (Å²) < 4.78 is 0. The van der Waals surface area contributed by atoms with E-state index in [2.05, 4.69) is 11.1 Å². The molecular formula is C16H16N2O. The number of carbonyl (C=O) groups is 1. The van der Waals surface area contributed by atoms with Crippen molar-refractivity contribution in [1.29, 1.82) is 0 Å². The Kier molecular flexibility index (Phi) is 3.27. The molecule has 0 N–H and O–H groups in total. The summed E-state index contributed by atoms with van der Waals surface area (Å²) in [4.78, 5) is 18.2. The zero-order valence-electron chi connectivity index (χ0n) is 10.7. The largest absolute Gasteiger partial charge is 0.342 e. The lowest BCUT2D eigenvalue weighted by Crippen LogP contribution is -2.42. The third-order valence-corrected chi connectivity index (χ3v) is 3.54. The highest BCUT2D eigenvalue weighted by molar-refractivity contribution is 5.82. The molecule has 0 aliphatic carbocycles. The average Bonchev–Trinajstić information content (AvgIpc) is 2.38. The molecule has 0 bridgehead atoms. The summed E-state index contributed by atoms with van der Waals surface area (Å²) in [5.74, 6) is 0.225. The smallest absolute Gasteiger partial charge is 0.227 e. The van der Waals surface area contributed by atoms with Gasteiger partial charge in [0.1, 0.15) is 0 Å². The van der Waals surface area contributed by atoms with Crippen molar-refractivity contribution in [3.05, 3.63) is 54.4 Å². The van der Waals surface area contributed by atoms with Gasteiger partial charge in [-0.15, -0.1) is 0 Å². The first-order valence-electron chi connectivity index (χ1n) is 6.61. The Morgan fingerprint density at radius 3 is 2.68 bits per heavy atom. The molecule has 0 spiro atoms. The summed E-state index contributed by atoms with van der Waals surface area (Å²) in [5, 5.41) is 0. The summed E-state index contributed by atoms with van der Waals surface area (Å²) in [7, 11) is 0. The normalized spacial score (nSPS) is 14.0. The first-order chi connectivity index (χ1) is 9.34. The average molecular weight is 252 g/mol. The Bertz CT molecular complexity index is 576. The summed E-state index contributed by atoms with van der Waals surface area (Å²) in [6.45, 7) is 1.82. The Hall–Kier alpha value is -2.16. The monoisotopic (exact) mass is 252 g/mol. The number of carbonyl (C=O) groups excluding carboxylic acids is 1. The number of hydrogen-bond donors (Lipinski definition) is 0. The summed E-state index contributed by atoms with van der Waals surface area (Å²) in [6.07, 6.45) is 5.21. The van der Waals surface area contributed by atoms with Crippen LogP contribution in [0.2, 0.25) is 0 Å². The molecule has 0 unspecified atom stereocenters. The Morgan fingerprint density at radius 1 is 1.16 bits per heavy atom. The van der Waals surface area contributed by atoms with Gasteiger partial charge in [0.05, 0.1) is 6.42 Å². The van der Waals surface area contributed by atoms with Gasteiger partial charge in [-0.25, -0.2) is 0 Å². The number of aromatic nitrogens is 1. The molecule has 0 radical (unpaired) electrons. The van der Waals surface area contributed by atoms with E-state index in [9.17, 15) is 4.79 Å². The van der Waals surface area contributed by atoms with E-state index >= 15 is 0 Å². The van der Waals surface area contributed by atoms with Crippen molar-refractivity contribution in [2.45, 2.75) is 12.8 Å². The molecule has 0 atom stereocenters. The third kappa shape index (κ3) is 2.50. The van der Waals surface area contributed by atoms with Gasteiger partial charge in [-0.1, -0.05) is 30.3 Å². The quantitative estimate of drug-likeness (QED) is 0.841. The second-order valence-corrected chi connectivity index (χ2v) is 4.81. The second-order valence-electron chi connectivity index (χ2n) is 4.81. The molecule has 2 aromatic rings. The fourth-order valence-corrected chi connectivity index (χ4v) is 2.32. The lowest BCUT2D eigenvalue weighted by molar-refractivity contribution is -0.133. The van der Waals surface area contributed by atoms with Crippen LogP contribution in [0.5, 0.6) is 0 Å². The predicted molar refractivity (Wildman–Crippen MR) is 74.6 cm³/mol. The molecule has 2 heterocycles. The fourth-order valence-electron chi connectivity index (χ4n) is 2.32. The number of pyridine rings is 1. The van der Waals surface area contributed by atoms with E-state index in [4.69, 9.17) is 0 Å². The number of nitrogens with zero attached hydrogens (tertiary/aromatic N) is 2. The van der Waals surface area contributed by atoms with Gasteiger partial charge in [-0.3, -0.25) is 9.78 Å². The highest BCUT2D eigenvalue weighted by Gasteiger charge is 2.21. The van der Waals surface area contributed by atoms with Gasteiger partial charge in [0.15, 0.2) is 0 Å². The zero-order chi connectivity index (χ0) is 13.1. The molecule has 1 aliphatic rings. The molecular weight excluding hydrogens is 236 g/mol. The van der Waals surface area contributed by atoms with Crippen LogP contribution in [0, 0.1) is 0 Å². The molecule has 3 nitrogen and oxygen atoms in total. The van der Waals surface area contributed by atoms with Crippen LogP contribution in [0.1, 0.15) is 12.0 Å². The molecule has 0 saturated carbocycles. The standard InChI is InChI=1S/C16H16N2O/c19-16(18-9-4-10-18)11-13-5-1-2-7-15(13)14-6-3-8-17-12-14/h1-3,5-8,12H,4,9-11H2. The van der Waals surface area contributed by atoms with Crippen LogP contribution >= 0.6 is 0 Å². The highest BCUT2D eigenvalue weighted by atomic mass is 16.2. The van der Waals surface area contributed by atoms with Crippen molar-refractivity contribution in [1.82, 2.24) is 9.88 Å². The second kappa shape index (κ2) is 5.22. The lowest BCUT2D eigenvalue weighted by atomic mass is 9.98. The van der Waals surface area contributed by atoms with E-state index in [1.165, 1.54) is 0 Å². The number of amides is 1. The van der Waals surface area contributed by atoms with Crippen molar-refractivity contribution in [3.63, 3.8) is 0 Å². The minimum Gasteiger partial charge on any atom is -0.342 e. The van der Waals surface area contributed by atoms with Crippen molar-refractivity contribution < 1.29 is 4.79 Å². The highest BCUT2D eigenvalue weighted by Crippen LogP contribution is 2.24. The molecule has 19 heavy (non-hydrogen) atoms. The molecule has 3 rings (SSSR count). The van der Waals surface area contributed by atoms with Crippen molar-refractivity contribution in [2.75, 3.05) is 13.1 Å². The Balaban J connectivity index is 1.87. The minimum absolute atomic E-state index is 0.225. The predicted octanol–water partition coefficient (Wildman–Crippen LogP) is 2.52. The van der Waals surface area contributed by atoms with Gasteiger partial charge in [0.2, 0.25) is 5.91 Å².